The summed E-state index contributed by atoms with van der Waals surface area (Å²) in [6.07, 6.45) is 2.29. The molecule has 3 nitrogen and oxygen atoms in total. The van der Waals surface area contributed by atoms with Gasteiger partial charge in [-0.3, -0.25) is 9.59 Å². The van der Waals surface area contributed by atoms with Gasteiger partial charge in [0, 0.05) is 23.5 Å². The third-order valence-corrected chi connectivity index (χ3v) is 5.36. The lowest BCUT2D eigenvalue weighted by Gasteiger charge is -2.20. The van der Waals surface area contributed by atoms with Crippen molar-refractivity contribution in [3.63, 3.8) is 0 Å². The zero-order valence-electron chi connectivity index (χ0n) is 13.2. The highest BCUT2D eigenvalue weighted by Gasteiger charge is 2.45. The Bertz CT molecular complexity index is 798. The molecule has 1 aromatic carbocycles. The van der Waals surface area contributed by atoms with Crippen molar-refractivity contribution in [2.45, 2.75) is 32.2 Å². The SMILES string of the molecule is C=C1C(=O)N[C@@H]2C3=C(c4ccccc4)C(=O)CC3=C(C)CC[C@@H]12. The summed E-state index contributed by atoms with van der Waals surface area (Å²) in [6.45, 7) is 6.09. The van der Waals surface area contributed by atoms with Crippen molar-refractivity contribution in [3.05, 3.63) is 64.8 Å². The topological polar surface area (TPSA) is 46.2 Å². The largest absolute Gasteiger partial charge is 0.345 e. The maximum absolute atomic E-state index is 12.7. The number of benzene rings is 1. The van der Waals surface area contributed by atoms with Crippen LogP contribution in [0.25, 0.3) is 5.57 Å². The Morgan fingerprint density at radius 3 is 2.65 bits per heavy atom. The van der Waals surface area contributed by atoms with Crippen LogP contribution in [0.1, 0.15) is 31.7 Å². The highest BCUT2D eigenvalue weighted by molar-refractivity contribution is 6.27. The molecule has 2 aliphatic carbocycles. The van der Waals surface area contributed by atoms with Gasteiger partial charge in [0.15, 0.2) is 5.78 Å². The minimum Gasteiger partial charge on any atom is -0.345 e. The maximum Gasteiger partial charge on any atom is 0.247 e. The number of hydrogen-bond acceptors (Lipinski definition) is 2. The number of hydrogen-bond donors (Lipinski definition) is 1. The minimum absolute atomic E-state index is 0.0711. The number of amides is 1. The molecule has 1 fully saturated rings. The lowest BCUT2D eigenvalue weighted by Crippen LogP contribution is -2.31. The Balaban J connectivity index is 1.96. The van der Waals surface area contributed by atoms with E-state index in [0.717, 1.165) is 35.1 Å². The summed E-state index contributed by atoms with van der Waals surface area (Å²) in [6, 6.07) is 9.69. The summed E-state index contributed by atoms with van der Waals surface area (Å²) < 4.78 is 0. The molecular weight excluding hydrogens is 286 g/mol. The summed E-state index contributed by atoms with van der Waals surface area (Å²) in [7, 11) is 0. The Labute approximate surface area is 135 Å². The standard InChI is InChI=1S/C20H19NO2/c1-11-8-9-14-12(2)20(23)21-19(14)18-15(11)10-16(22)17(18)13-6-4-3-5-7-13/h3-7,14,19H,2,8-10H2,1H3,(H,21,23)/t14-,19-/m0/s1. The summed E-state index contributed by atoms with van der Waals surface area (Å²) in [5.74, 6) is 0.181. The quantitative estimate of drug-likeness (QED) is 0.810. The molecule has 2 atom stereocenters. The van der Waals surface area contributed by atoms with Crippen LogP contribution in [0.15, 0.2) is 59.2 Å². The third kappa shape index (κ3) is 2.03. The van der Waals surface area contributed by atoms with Crippen LogP contribution in [-0.2, 0) is 9.59 Å². The number of allylic oxidation sites excluding steroid dienone is 2. The number of rotatable bonds is 1. The molecular formula is C20H19NO2. The van der Waals surface area contributed by atoms with E-state index in [1.54, 1.807) is 0 Å². The van der Waals surface area contributed by atoms with Crippen molar-refractivity contribution < 1.29 is 9.59 Å². The normalized spacial score (nSPS) is 27.1. The first-order chi connectivity index (χ1) is 11.1. The highest BCUT2D eigenvalue weighted by atomic mass is 16.2. The number of carbonyl (C=O) groups excluding carboxylic acids is 2. The monoisotopic (exact) mass is 305 g/mol. The van der Waals surface area contributed by atoms with E-state index in [1.807, 2.05) is 30.3 Å². The fourth-order valence-electron chi connectivity index (χ4n) is 4.13. The first-order valence-corrected chi connectivity index (χ1v) is 8.09. The van der Waals surface area contributed by atoms with Crippen molar-refractivity contribution >= 4 is 17.3 Å². The first-order valence-electron chi connectivity index (χ1n) is 8.09. The van der Waals surface area contributed by atoms with Crippen molar-refractivity contribution in [3.8, 4) is 0 Å². The van der Waals surface area contributed by atoms with E-state index in [0.29, 0.717) is 12.0 Å². The predicted molar refractivity (Wildman–Crippen MR) is 89.5 cm³/mol. The van der Waals surface area contributed by atoms with Crippen molar-refractivity contribution in [2.24, 2.45) is 5.92 Å². The molecule has 3 heteroatoms. The Morgan fingerprint density at radius 2 is 1.91 bits per heavy atom. The molecule has 1 saturated heterocycles. The van der Waals surface area contributed by atoms with Crippen LogP contribution >= 0.6 is 0 Å². The van der Waals surface area contributed by atoms with Crippen LogP contribution in [0.4, 0.5) is 0 Å². The van der Waals surface area contributed by atoms with Crippen LogP contribution in [0.3, 0.4) is 0 Å². The molecule has 0 radical (unpaired) electrons. The molecule has 116 valence electrons. The molecule has 1 aromatic rings. The zero-order valence-corrected chi connectivity index (χ0v) is 13.2. The lowest BCUT2D eigenvalue weighted by molar-refractivity contribution is -0.116. The highest BCUT2D eigenvalue weighted by Crippen LogP contribution is 2.46. The van der Waals surface area contributed by atoms with E-state index in [-0.39, 0.29) is 23.7 Å². The molecule has 0 unspecified atom stereocenters. The minimum atomic E-state index is -0.107. The van der Waals surface area contributed by atoms with E-state index in [1.165, 1.54) is 5.57 Å². The van der Waals surface area contributed by atoms with Gasteiger partial charge < -0.3 is 5.32 Å². The third-order valence-electron chi connectivity index (χ3n) is 5.36. The maximum atomic E-state index is 12.7. The molecule has 0 bridgehead atoms. The number of nitrogens with one attached hydrogen (secondary N) is 1. The molecule has 3 aliphatic rings. The van der Waals surface area contributed by atoms with Crippen molar-refractivity contribution in [1.29, 1.82) is 0 Å². The zero-order chi connectivity index (χ0) is 16.1. The van der Waals surface area contributed by atoms with Crippen LogP contribution < -0.4 is 5.32 Å². The molecule has 0 saturated carbocycles. The molecule has 4 rings (SSSR count). The van der Waals surface area contributed by atoms with Gasteiger partial charge in [0.1, 0.15) is 0 Å². The van der Waals surface area contributed by atoms with Gasteiger partial charge >= 0.3 is 0 Å². The molecule has 1 N–H and O–H groups in total. The summed E-state index contributed by atoms with van der Waals surface area (Å²) in [4.78, 5) is 24.8. The predicted octanol–water partition coefficient (Wildman–Crippen LogP) is 3.19. The number of Topliss-reactive ketones (excluding diaryl/α,β-unsaturated/α-hetero) is 1. The van der Waals surface area contributed by atoms with Crippen molar-refractivity contribution in [2.75, 3.05) is 0 Å². The summed E-state index contributed by atoms with van der Waals surface area (Å²) in [5.41, 5.74) is 5.83. The number of ketones is 1. The second kappa shape index (κ2) is 5.05. The van der Waals surface area contributed by atoms with Crippen LogP contribution in [-0.4, -0.2) is 17.7 Å². The fraction of sp³-hybridized carbons (Fsp3) is 0.300. The second-order valence-electron chi connectivity index (χ2n) is 6.64. The van der Waals surface area contributed by atoms with Gasteiger partial charge in [-0.15, -0.1) is 0 Å². The van der Waals surface area contributed by atoms with Crippen molar-refractivity contribution in [1.82, 2.24) is 5.32 Å². The molecule has 0 spiro atoms. The number of carbonyl (C=O) groups is 2. The van der Waals surface area contributed by atoms with E-state index < -0.39 is 0 Å². The summed E-state index contributed by atoms with van der Waals surface area (Å²) in [5, 5.41) is 3.08. The van der Waals surface area contributed by atoms with E-state index >= 15 is 0 Å². The van der Waals surface area contributed by atoms with Gasteiger partial charge in [-0.25, -0.2) is 0 Å². The van der Waals surface area contributed by atoms with Gasteiger partial charge in [-0.1, -0.05) is 42.5 Å². The Hall–Kier alpha value is -2.42. The van der Waals surface area contributed by atoms with E-state index in [2.05, 4.69) is 18.8 Å². The Morgan fingerprint density at radius 1 is 1.17 bits per heavy atom. The second-order valence-corrected chi connectivity index (χ2v) is 6.64. The average Bonchev–Trinajstić information content (AvgIpc) is 2.99. The van der Waals surface area contributed by atoms with E-state index in [4.69, 9.17) is 0 Å². The summed E-state index contributed by atoms with van der Waals surface area (Å²) >= 11 is 0. The van der Waals surface area contributed by atoms with E-state index in [9.17, 15) is 9.59 Å². The molecule has 1 heterocycles. The van der Waals surface area contributed by atoms with Gasteiger partial charge in [-0.2, -0.15) is 0 Å². The molecule has 0 aromatic heterocycles. The van der Waals surface area contributed by atoms with Gasteiger partial charge in [0.25, 0.3) is 0 Å². The molecule has 1 amide bonds. The van der Waals surface area contributed by atoms with Crippen LogP contribution in [0, 0.1) is 5.92 Å². The lowest BCUT2D eigenvalue weighted by atomic mass is 9.86. The molecule has 23 heavy (non-hydrogen) atoms. The average molecular weight is 305 g/mol. The first kappa shape index (κ1) is 14.2. The van der Waals surface area contributed by atoms with Gasteiger partial charge in [-0.05, 0) is 36.5 Å². The Kier molecular flexibility index (Phi) is 3.12. The van der Waals surface area contributed by atoms with Gasteiger partial charge in [0.05, 0.1) is 6.04 Å². The van der Waals surface area contributed by atoms with Gasteiger partial charge in [0.2, 0.25) is 5.91 Å². The smallest absolute Gasteiger partial charge is 0.247 e. The number of fused-ring (bicyclic) bond motifs is 3. The fourth-order valence-corrected chi connectivity index (χ4v) is 4.13. The molecule has 1 aliphatic heterocycles. The van der Waals surface area contributed by atoms with Crippen LogP contribution in [0.5, 0.6) is 0 Å². The van der Waals surface area contributed by atoms with Crippen LogP contribution in [0.2, 0.25) is 0 Å².